The Labute approximate surface area is 99.1 Å². The quantitative estimate of drug-likeness (QED) is 0.878. The van der Waals surface area contributed by atoms with Gasteiger partial charge in [-0.25, -0.2) is 0 Å². The van der Waals surface area contributed by atoms with E-state index in [0.717, 1.165) is 12.5 Å². The molecule has 1 aromatic heterocycles. The third-order valence-electron chi connectivity index (χ3n) is 3.73. The van der Waals surface area contributed by atoms with E-state index in [9.17, 15) is 4.79 Å². The van der Waals surface area contributed by atoms with Crippen LogP contribution in [0.2, 0.25) is 5.22 Å². The molecule has 16 heavy (non-hydrogen) atoms. The number of furan rings is 1. The molecule has 3 nitrogen and oxygen atoms in total. The van der Waals surface area contributed by atoms with Gasteiger partial charge in [-0.15, -0.1) is 0 Å². The van der Waals surface area contributed by atoms with Crippen LogP contribution in [0.25, 0.3) is 0 Å². The summed E-state index contributed by atoms with van der Waals surface area (Å²) >= 11 is 5.62. The molecule has 1 heterocycles. The molecule has 2 saturated carbocycles. The van der Waals surface area contributed by atoms with Gasteiger partial charge in [-0.1, -0.05) is 0 Å². The number of hydrogen-bond acceptors (Lipinski definition) is 2. The summed E-state index contributed by atoms with van der Waals surface area (Å²) in [6.07, 6.45) is 5.19. The first-order valence-corrected chi connectivity index (χ1v) is 6.11. The van der Waals surface area contributed by atoms with Crippen LogP contribution in [0.1, 0.15) is 36.2 Å². The van der Waals surface area contributed by atoms with Crippen LogP contribution in [0.4, 0.5) is 0 Å². The molecule has 3 rings (SSSR count). The molecule has 4 heteroatoms. The van der Waals surface area contributed by atoms with Gasteiger partial charge in [-0.3, -0.25) is 4.79 Å². The van der Waals surface area contributed by atoms with Crippen molar-refractivity contribution in [2.75, 3.05) is 6.54 Å². The number of rotatable bonds is 4. The monoisotopic (exact) mass is 239 g/mol. The zero-order chi connectivity index (χ0) is 11.2. The molecule has 0 atom stereocenters. The van der Waals surface area contributed by atoms with Crippen LogP contribution in [0.5, 0.6) is 0 Å². The molecule has 2 fully saturated rings. The van der Waals surface area contributed by atoms with Crippen molar-refractivity contribution in [1.29, 1.82) is 0 Å². The van der Waals surface area contributed by atoms with E-state index < -0.39 is 0 Å². The zero-order valence-electron chi connectivity index (χ0n) is 8.96. The van der Waals surface area contributed by atoms with Crippen LogP contribution in [-0.4, -0.2) is 12.5 Å². The van der Waals surface area contributed by atoms with E-state index in [1.807, 2.05) is 0 Å². The maximum absolute atomic E-state index is 11.7. The van der Waals surface area contributed by atoms with E-state index in [1.54, 1.807) is 12.1 Å². The van der Waals surface area contributed by atoms with Crippen molar-refractivity contribution in [2.45, 2.75) is 25.7 Å². The Morgan fingerprint density at radius 2 is 2.25 bits per heavy atom. The number of carbonyl (C=O) groups is 1. The minimum Gasteiger partial charge on any atom is -0.440 e. The molecule has 1 N–H and O–H groups in total. The topological polar surface area (TPSA) is 42.2 Å². The van der Waals surface area contributed by atoms with Gasteiger partial charge in [-0.2, -0.15) is 0 Å². The lowest BCUT2D eigenvalue weighted by Crippen LogP contribution is -2.30. The predicted octanol–water partition coefficient (Wildman–Crippen LogP) is 2.85. The minimum absolute atomic E-state index is 0.154. The van der Waals surface area contributed by atoms with E-state index in [1.165, 1.54) is 25.7 Å². The lowest BCUT2D eigenvalue weighted by molar-refractivity contribution is 0.0915. The molecule has 0 unspecified atom stereocenters. The maximum atomic E-state index is 11.7. The molecule has 0 aliphatic heterocycles. The van der Waals surface area contributed by atoms with Gasteiger partial charge in [0, 0.05) is 6.54 Å². The number of halogens is 1. The lowest BCUT2D eigenvalue weighted by Gasteiger charge is -2.13. The molecule has 1 amide bonds. The van der Waals surface area contributed by atoms with Gasteiger partial charge in [0.15, 0.2) is 11.0 Å². The number of amides is 1. The molecule has 0 saturated heterocycles. The molecule has 86 valence electrons. The van der Waals surface area contributed by atoms with Crippen molar-refractivity contribution < 1.29 is 9.21 Å². The molecule has 0 bridgehead atoms. The standard InChI is InChI=1S/C12H14ClNO2/c13-10-4-3-9(16-10)11(15)14-7-12(5-6-12)8-1-2-8/h3-4,8H,1-2,5-7H2,(H,14,15). The normalized spacial score (nSPS) is 21.8. The van der Waals surface area contributed by atoms with Gasteiger partial charge in [0.05, 0.1) is 0 Å². The summed E-state index contributed by atoms with van der Waals surface area (Å²) in [6, 6.07) is 3.19. The second-order valence-electron chi connectivity index (χ2n) is 4.92. The van der Waals surface area contributed by atoms with Crippen LogP contribution in [-0.2, 0) is 0 Å². The minimum atomic E-state index is -0.154. The van der Waals surface area contributed by atoms with Crippen molar-refractivity contribution in [3.63, 3.8) is 0 Å². The van der Waals surface area contributed by atoms with E-state index in [2.05, 4.69) is 5.32 Å². The van der Waals surface area contributed by atoms with E-state index in [4.69, 9.17) is 16.0 Å². The fraction of sp³-hybridized carbons (Fsp3) is 0.583. The highest BCUT2D eigenvalue weighted by atomic mass is 35.5. The van der Waals surface area contributed by atoms with Gasteiger partial charge < -0.3 is 9.73 Å². The second-order valence-corrected chi connectivity index (χ2v) is 5.30. The van der Waals surface area contributed by atoms with Gasteiger partial charge in [-0.05, 0) is 60.7 Å². The summed E-state index contributed by atoms with van der Waals surface area (Å²) in [7, 11) is 0. The highest BCUT2D eigenvalue weighted by molar-refractivity contribution is 6.29. The number of nitrogens with one attached hydrogen (secondary N) is 1. The molecule has 2 aliphatic carbocycles. The summed E-state index contributed by atoms with van der Waals surface area (Å²) in [6.45, 7) is 0.787. The average Bonchev–Trinajstić information content (AvgIpc) is 3.14. The molecule has 0 spiro atoms. The summed E-state index contributed by atoms with van der Waals surface area (Å²) in [4.78, 5) is 11.7. The highest BCUT2D eigenvalue weighted by Gasteiger charge is 2.53. The summed E-state index contributed by atoms with van der Waals surface area (Å²) in [5, 5.41) is 3.20. The van der Waals surface area contributed by atoms with Crippen LogP contribution >= 0.6 is 11.6 Å². The van der Waals surface area contributed by atoms with Crippen LogP contribution in [0.15, 0.2) is 16.5 Å². The van der Waals surface area contributed by atoms with Crippen LogP contribution in [0, 0.1) is 11.3 Å². The van der Waals surface area contributed by atoms with Crippen LogP contribution in [0.3, 0.4) is 0 Å². The third-order valence-corrected chi connectivity index (χ3v) is 3.94. The lowest BCUT2D eigenvalue weighted by atomic mass is 10.0. The summed E-state index contributed by atoms with van der Waals surface area (Å²) in [5.74, 6) is 1.00. The second kappa shape index (κ2) is 3.52. The molecule has 2 aliphatic rings. The van der Waals surface area contributed by atoms with Crippen LogP contribution < -0.4 is 5.32 Å². The fourth-order valence-electron chi connectivity index (χ4n) is 2.37. The Hall–Kier alpha value is -0.960. The molecule has 0 aromatic carbocycles. The van der Waals surface area contributed by atoms with E-state index in [0.29, 0.717) is 11.2 Å². The smallest absolute Gasteiger partial charge is 0.287 e. The number of hydrogen-bond donors (Lipinski definition) is 1. The zero-order valence-corrected chi connectivity index (χ0v) is 9.72. The van der Waals surface area contributed by atoms with Gasteiger partial charge in [0.1, 0.15) is 0 Å². The summed E-state index contributed by atoms with van der Waals surface area (Å²) < 4.78 is 5.06. The Balaban J connectivity index is 1.57. The van der Waals surface area contributed by atoms with Crippen molar-refractivity contribution in [3.8, 4) is 0 Å². The van der Waals surface area contributed by atoms with Crippen molar-refractivity contribution in [3.05, 3.63) is 23.1 Å². The molecule has 0 radical (unpaired) electrons. The predicted molar refractivity (Wildman–Crippen MR) is 60.4 cm³/mol. The Kier molecular flexibility index (Phi) is 2.25. The first-order chi connectivity index (χ1) is 7.70. The highest BCUT2D eigenvalue weighted by Crippen LogP contribution is 2.60. The van der Waals surface area contributed by atoms with Crippen molar-refractivity contribution >= 4 is 17.5 Å². The molecule has 1 aromatic rings. The van der Waals surface area contributed by atoms with E-state index >= 15 is 0 Å². The first kappa shape index (κ1) is 10.2. The van der Waals surface area contributed by atoms with Gasteiger partial charge in [0.25, 0.3) is 5.91 Å². The molecular weight excluding hydrogens is 226 g/mol. The average molecular weight is 240 g/mol. The van der Waals surface area contributed by atoms with Crippen molar-refractivity contribution in [2.24, 2.45) is 11.3 Å². The SMILES string of the molecule is O=C(NCC1(C2CC2)CC1)c1ccc(Cl)o1. The third kappa shape index (κ3) is 1.84. The Morgan fingerprint density at radius 3 is 2.75 bits per heavy atom. The van der Waals surface area contributed by atoms with E-state index in [-0.39, 0.29) is 11.1 Å². The molecular formula is C12H14ClNO2. The van der Waals surface area contributed by atoms with Gasteiger partial charge >= 0.3 is 0 Å². The largest absolute Gasteiger partial charge is 0.440 e. The Bertz CT molecular complexity index is 418. The first-order valence-electron chi connectivity index (χ1n) is 5.73. The summed E-state index contributed by atoms with van der Waals surface area (Å²) in [5.41, 5.74) is 0.423. The van der Waals surface area contributed by atoms with Crippen molar-refractivity contribution in [1.82, 2.24) is 5.32 Å². The van der Waals surface area contributed by atoms with Gasteiger partial charge in [0.2, 0.25) is 0 Å². The maximum Gasteiger partial charge on any atom is 0.287 e. The fourth-order valence-corrected chi connectivity index (χ4v) is 2.51. The Morgan fingerprint density at radius 1 is 1.50 bits per heavy atom. The number of carbonyl (C=O) groups excluding carboxylic acids is 1.